The van der Waals surface area contributed by atoms with Crippen LogP contribution in [0.4, 0.5) is 8.78 Å². The first kappa shape index (κ1) is 12.3. The van der Waals surface area contributed by atoms with Crippen molar-refractivity contribution in [3.8, 4) is 5.75 Å². The number of ether oxygens (including phenoxy) is 1. The lowest BCUT2D eigenvalue weighted by Crippen LogP contribution is -2.04. The highest BCUT2D eigenvalue weighted by Gasteiger charge is 2.21. The molecule has 0 unspecified atom stereocenters. The van der Waals surface area contributed by atoms with Gasteiger partial charge in [-0.2, -0.15) is 0 Å². The highest BCUT2D eigenvalue weighted by molar-refractivity contribution is 5.86. The van der Waals surface area contributed by atoms with Gasteiger partial charge < -0.3 is 4.74 Å². The van der Waals surface area contributed by atoms with Gasteiger partial charge in [-0.05, 0) is 13.0 Å². The second-order valence-corrected chi connectivity index (χ2v) is 2.96. The SMILES string of the molecule is CCOc1c(C=O)ccc(C=O)c1C(F)F. The van der Waals surface area contributed by atoms with Crippen LogP contribution in [0, 0.1) is 0 Å². The molecule has 0 atom stereocenters. The van der Waals surface area contributed by atoms with E-state index in [2.05, 4.69) is 0 Å². The van der Waals surface area contributed by atoms with E-state index in [1.165, 1.54) is 12.1 Å². The summed E-state index contributed by atoms with van der Waals surface area (Å²) in [6.07, 6.45) is -2.12. The summed E-state index contributed by atoms with van der Waals surface area (Å²) < 4.78 is 30.5. The lowest BCUT2D eigenvalue weighted by molar-refractivity contribution is 0.109. The molecule has 86 valence electrons. The fraction of sp³-hybridized carbons (Fsp3) is 0.273. The molecule has 1 aromatic rings. The van der Waals surface area contributed by atoms with Crippen molar-refractivity contribution in [1.29, 1.82) is 0 Å². The standard InChI is InChI=1S/C11H10F2O3/c1-2-16-10-8(6-15)4-3-7(5-14)9(10)11(12)13/h3-6,11H,2H2,1H3. The van der Waals surface area contributed by atoms with Gasteiger partial charge in [0.1, 0.15) is 5.75 Å². The molecular formula is C11H10F2O3. The van der Waals surface area contributed by atoms with Crippen LogP contribution in [0.5, 0.6) is 5.75 Å². The first-order valence-corrected chi connectivity index (χ1v) is 4.63. The Bertz CT molecular complexity index is 402. The molecule has 0 aliphatic carbocycles. The molecule has 0 aliphatic heterocycles. The number of hydrogen-bond acceptors (Lipinski definition) is 3. The van der Waals surface area contributed by atoms with Crippen LogP contribution in [-0.2, 0) is 0 Å². The van der Waals surface area contributed by atoms with Gasteiger partial charge in [0, 0.05) is 5.56 Å². The first-order valence-electron chi connectivity index (χ1n) is 4.63. The van der Waals surface area contributed by atoms with Crippen LogP contribution < -0.4 is 4.74 Å². The van der Waals surface area contributed by atoms with Gasteiger partial charge in [-0.3, -0.25) is 9.59 Å². The van der Waals surface area contributed by atoms with Crippen molar-refractivity contribution in [3.05, 3.63) is 28.8 Å². The van der Waals surface area contributed by atoms with Gasteiger partial charge in [-0.15, -0.1) is 0 Å². The largest absolute Gasteiger partial charge is 0.493 e. The van der Waals surface area contributed by atoms with Gasteiger partial charge in [0.05, 0.1) is 17.7 Å². The summed E-state index contributed by atoms with van der Waals surface area (Å²) in [5, 5.41) is 0. The van der Waals surface area contributed by atoms with E-state index in [9.17, 15) is 18.4 Å². The third-order valence-corrected chi connectivity index (χ3v) is 2.02. The maximum Gasteiger partial charge on any atom is 0.268 e. The molecule has 0 saturated heterocycles. The molecule has 5 heteroatoms. The predicted molar refractivity (Wildman–Crippen MR) is 53.3 cm³/mol. The van der Waals surface area contributed by atoms with Crippen LogP contribution in [0.25, 0.3) is 0 Å². The minimum absolute atomic E-state index is 0.0164. The number of carbonyl (C=O) groups excluding carboxylic acids is 2. The van der Waals surface area contributed by atoms with Crippen LogP contribution in [0.15, 0.2) is 12.1 Å². The zero-order valence-electron chi connectivity index (χ0n) is 8.57. The topological polar surface area (TPSA) is 43.4 Å². The monoisotopic (exact) mass is 228 g/mol. The summed E-state index contributed by atoms with van der Waals surface area (Å²) in [5.41, 5.74) is -0.673. The number of alkyl halides is 2. The van der Waals surface area contributed by atoms with Crippen molar-refractivity contribution < 1.29 is 23.1 Å². The Morgan fingerprint density at radius 2 is 1.81 bits per heavy atom. The maximum absolute atomic E-state index is 12.8. The van der Waals surface area contributed by atoms with Gasteiger partial charge in [0.25, 0.3) is 6.43 Å². The molecule has 0 heterocycles. The lowest BCUT2D eigenvalue weighted by Gasteiger charge is -2.13. The molecule has 0 radical (unpaired) electrons. The average Bonchev–Trinajstić information content (AvgIpc) is 2.28. The number of benzene rings is 1. The van der Waals surface area contributed by atoms with E-state index in [4.69, 9.17) is 4.74 Å². The molecule has 1 aromatic carbocycles. The Morgan fingerprint density at radius 1 is 1.25 bits per heavy atom. The number of halogens is 2. The van der Waals surface area contributed by atoms with Crippen molar-refractivity contribution in [1.82, 2.24) is 0 Å². The molecule has 0 aliphatic rings. The van der Waals surface area contributed by atoms with Crippen molar-refractivity contribution in [2.45, 2.75) is 13.3 Å². The fourth-order valence-electron chi connectivity index (χ4n) is 1.36. The minimum Gasteiger partial charge on any atom is -0.493 e. The highest BCUT2D eigenvalue weighted by atomic mass is 19.3. The Hall–Kier alpha value is -1.78. The molecule has 0 amide bonds. The van der Waals surface area contributed by atoms with Gasteiger partial charge >= 0.3 is 0 Å². The van der Waals surface area contributed by atoms with E-state index in [1.807, 2.05) is 0 Å². The molecule has 3 nitrogen and oxygen atoms in total. The summed E-state index contributed by atoms with van der Waals surface area (Å²) in [4.78, 5) is 21.3. The number of hydrogen-bond donors (Lipinski definition) is 0. The zero-order chi connectivity index (χ0) is 12.1. The molecule has 0 spiro atoms. The second kappa shape index (κ2) is 5.34. The Labute approximate surface area is 91.0 Å². The van der Waals surface area contributed by atoms with Crippen LogP contribution >= 0.6 is 0 Å². The number of aldehydes is 2. The molecule has 1 rings (SSSR count). The molecule has 16 heavy (non-hydrogen) atoms. The lowest BCUT2D eigenvalue weighted by atomic mass is 10.0. The highest BCUT2D eigenvalue weighted by Crippen LogP contribution is 2.34. The molecule has 0 bridgehead atoms. The van der Waals surface area contributed by atoms with Gasteiger partial charge in [-0.25, -0.2) is 8.78 Å². The second-order valence-electron chi connectivity index (χ2n) is 2.96. The molecule has 0 fully saturated rings. The number of rotatable bonds is 5. The van der Waals surface area contributed by atoms with Crippen molar-refractivity contribution in [2.75, 3.05) is 6.61 Å². The summed E-state index contributed by atoms with van der Waals surface area (Å²) >= 11 is 0. The third-order valence-electron chi connectivity index (χ3n) is 2.02. The van der Waals surface area contributed by atoms with Crippen LogP contribution in [0.1, 0.15) is 39.6 Å². The van der Waals surface area contributed by atoms with E-state index in [-0.39, 0.29) is 23.5 Å². The van der Waals surface area contributed by atoms with Crippen molar-refractivity contribution in [2.24, 2.45) is 0 Å². The predicted octanol–water partition coefficient (Wildman–Crippen LogP) is 2.65. The summed E-state index contributed by atoms with van der Waals surface area (Å²) in [5.74, 6) is -0.211. The maximum atomic E-state index is 12.8. The normalized spacial score (nSPS) is 10.2. The van der Waals surface area contributed by atoms with Gasteiger partial charge in [0.15, 0.2) is 12.6 Å². The Morgan fingerprint density at radius 3 is 2.25 bits per heavy atom. The van der Waals surface area contributed by atoms with Crippen molar-refractivity contribution in [3.63, 3.8) is 0 Å². The fourth-order valence-corrected chi connectivity index (χ4v) is 1.36. The molecular weight excluding hydrogens is 218 g/mol. The van der Waals surface area contributed by atoms with E-state index >= 15 is 0 Å². The molecule has 0 aromatic heterocycles. The smallest absolute Gasteiger partial charge is 0.268 e. The average molecular weight is 228 g/mol. The van der Waals surface area contributed by atoms with Gasteiger partial charge in [0.2, 0.25) is 0 Å². The van der Waals surface area contributed by atoms with E-state index < -0.39 is 12.0 Å². The van der Waals surface area contributed by atoms with E-state index in [1.54, 1.807) is 6.92 Å². The van der Waals surface area contributed by atoms with E-state index in [0.717, 1.165) is 0 Å². The molecule has 0 N–H and O–H groups in total. The summed E-state index contributed by atoms with van der Waals surface area (Å²) in [6.45, 7) is 1.75. The third kappa shape index (κ3) is 2.24. The number of carbonyl (C=O) groups is 2. The minimum atomic E-state index is -2.86. The Balaban J connectivity index is 3.45. The van der Waals surface area contributed by atoms with Crippen LogP contribution in [-0.4, -0.2) is 19.2 Å². The van der Waals surface area contributed by atoms with Crippen molar-refractivity contribution >= 4 is 12.6 Å². The first-order chi connectivity index (χ1) is 7.65. The van der Waals surface area contributed by atoms with E-state index in [0.29, 0.717) is 12.6 Å². The summed E-state index contributed by atoms with van der Waals surface area (Å²) in [6, 6.07) is 2.47. The molecule has 0 saturated carbocycles. The zero-order valence-corrected chi connectivity index (χ0v) is 8.57. The van der Waals surface area contributed by atoms with Crippen LogP contribution in [0.2, 0.25) is 0 Å². The quantitative estimate of drug-likeness (QED) is 0.727. The summed E-state index contributed by atoms with van der Waals surface area (Å²) in [7, 11) is 0. The van der Waals surface area contributed by atoms with Crippen LogP contribution in [0.3, 0.4) is 0 Å². The van der Waals surface area contributed by atoms with Gasteiger partial charge in [-0.1, -0.05) is 6.07 Å². The Kier molecular flexibility index (Phi) is 4.10.